The molecule has 0 bridgehead atoms. The molecule has 2 heterocycles. The molecule has 0 radical (unpaired) electrons. The summed E-state index contributed by atoms with van der Waals surface area (Å²) in [6, 6.07) is 10.4. The van der Waals surface area contributed by atoms with E-state index in [0.29, 0.717) is 5.15 Å². The summed E-state index contributed by atoms with van der Waals surface area (Å²) in [5, 5.41) is 3.86. The number of hydrogen-bond acceptors (Lipinski definition) is 3. The first-order chi connectivity index (χ1) is 10.3. The van der Waals surface area contributed by atoms with Gasteiger partial charge in [0, 0.05) is 12.1 Å². The van der Waals surface area contributed by atoms with Crippen molar-refractivity contribution in [1.29, 1.82) is 0 Å². The highest BCUT2D eigenvalue weighted by Gasteiger charge is 2.27. The molecule has 1 unspecified atom stereocenters. The first kappa shape index (κ1) is 14.6. The quantitative estimate of drug-likeness (QED) is 0.892. The summed E-state index contributed by atoms with van der Waals surface area (Å²) in [5.41, 5.74) is 2.09. The Bertz CT molecular complexity index is 575. The van der Waals surface area contributed by atoms with E-state index < -0.39 is 0 Å². The minimum absolute atomic E-state index is 0.259. The number of halogens is 1. The second-order valence-electron chi connectivity index (χ2n) is 5.47. The lowest BCUT2D eigenvalue weighted by atomic mass is 10.2. The molecule has 2 aromatic rings. The van der Waals surface area contributed by atoms with Crippen LogP contribution < -0.4 is 5.32 Å². The number of imidazole rings is 1. The number of H-pyrrole nitrogens is 1. The van der Waals surface area contributed by atoms with Crippen molar-refractivity contribution >= 4 is 11.6 Å². The van der Waals surface area contributed by atoms with E-state index >= 15 is 0 Å². The summed E-state index contributed by atoms with van der Waals surface area (Å²) in [6.07, 6.45) is 2.52. The first-order valence-corrected chi connectivity index (χ1v) is 7.87. The number of aromatic amines is 1. The van der Waals surface area contributed by atoms with Crippen molar-refractivity contribution in [3.8, 4) is 11.4 Å². The lowest BCUT2D eigenvalue weighted by Crippen LogP contribution is -2.33. The minimum atomic E-state index is 0.259. The van der Waals surface area contributed by atoms with E-state index in [1.807, 2.05) is 37.4 Å². The van der Waals surface area contributed by atoms with Crippen LogP contribution in [0.25, 0.3) is 11.4 Å². The van der Waals surface area contributed by atoms with Crippen LogP contribution in [0.5, 0.6) is 0 Å². The van der Waals surface area contributed by atoms with E-state index in [4.69, 9.17) is 11.6 Å². The van der Waals surface area contributed by atoms with Crippen LogP contribution >= 0.6 is 11.6 Å². The number of likely N-dealkylation sites (N-methyl/N-ethyl adjacent to an activating group) is 1. The van der Waals surface area contributed by atoms with Crippen LogP contribution in [0.3, 0.4) is 0 Å². The third-order valence-corrected chi connectivity index (χ3v) is 4.33. The monoisotopic (exact) mass is 304 g/mol. The van der Waals surface area contributed by atoms with Crippen LogP contribution in [0.2, 0.25) is 5.15 Å². The number of likely N-dealkylation sites (tertiary alicyclic amines) is 1. The number of aromatic nitrogens is 2. The average molecular weight is 305 g/mol. The maximum Gasteiger partial charge on any atom is 0.152 e. The topological polar surface area (TPSA) is 44.0 Å². The van der Waals surface area contributed by atoms with Gasteiger partial charge in [0.05, 0.1) is 11.7 Å². The van der Waals surface area contributed by atoms with Gasteiger partial charge in [-0.1, -0.05) is 41.9 Å². The van der Waals surface area contributed by atoms with Crippen LogP contribution in [-0.4, -0.2) is 41.5 Å². The molecule has 1 saturated heterocycles. The summed E-state index contributed by atoms with van der Waals surface area (Å²) < 4.78 is 0. The predicted molar refractivity (Wildman–Crippen MR) is 86.5 cm³/mol. The summed E-state index contributed by atoms with van der Waals surface area (Å²) >= 11 is 6.41. The van der Waals surface area contributed by atoms with Crippen molar-refractivity contribution in [2.24, 2.45) is 0 Å². The Morgan fingerprint density at radius 1 is 1.29 bits per heavy atom. The maximum absolute atomic E-state index is 6.41. The van der Waals surface area contributed by atoms with E-state index in [0.717, 1.165) is 36.7 Å². The van der Waals surface area contributed by atoms with Crippen molar-refractivity contribution in [3.05, 3.63) is 41.2 Å². The van der Waals surface area contributed by atoms with E-state index in [9.17, 15) is 0 Å². The molecule has 0 amide bonds. The van der Waals surface area contributed by atoms with E-state index in [2.05, 4.69) is 20.2 Å². The minimum Gasteiger partial charge on any atom is -0.339 e. The molecule has 0 spiro atoms. The highest BCUT2D eigenvalue weighted by Crippen LogP contribution is 2.30. The van der Waals surface area contributed by atoms with Gasteiger partial charge < -0.3 is 10.3 Å². The maximum atomic E-state index is 6.41. The van der Waals surface area contributed by atoms with Crippen molar-refractivity contribution in [1.82, 2.24) is 20.2 Å². The van der Waals surface area contributed by atoms with Gasteiger partial charge >= 0.3 is 0 Å². The second-order valence-corrected chi connectivity index (χ2v) is 5.83. The molecule has 3 rings (SSSR count). The van der Waals surface area contributed by atoms with E-state index in [1.54, 1.807) is 0 Å². The Kier molecular flexibility index (Phi) is 4.58. The summed E-state index contributed by atoms with van der Waals surface area (Å²) in [4.78, 5) is 10.4. The summed E-state index contributed by atoms with van der Waals surface area (Å²) in [5.74, 6) is 0.843. The Balaban J connectivity index is 1.91. The number of nitrogens with one attached hydrogen (secondary N) is 2. The number of hydrogen-bond donors (Lipinski definition) is 2. The molecule has 1 aromatic carbocycles. The molecule has 1 fully saturated rings. The smallest absolute Gasteiger partial charge is 0.152 e. The first-order valence-electron chi connectivity index (χ1n) is 7.49. The van der Waals surface area contributed by atoms with Gasteiger partial charge in [0.1, 0.15) is 5.82 Å². The Labute approximate surface area is 130 Å². The molecule has 2 N–H and O–H groups in total. The van der Waals surface area contributed by atoms with Crippen LogP contribution in [0.4, 0.5) is 0 Å². The van der Waals surface area contributed by atoms with Crippen molar-refractivity contribution in [2.45, 2.75) is 18.9 Å². The van der Waals surface area contributed by atoms with Gasteiger partial charge in [0.2, 0.25) is 0 Å². The number of benzene rings is 1. The molecule has 0 aliphatic carbocycles. The Morgan fingerprint density at radius 3 is 2.67 bits per heavy atom. The molecular weight excluding hydrogens is 284 g/mol. The molecule has 4 nitrogen and oxygen atoms in total. The molecule has 1 aliphatic rings. The molecule has 112 valence electrons. The van der Waals surface area contributed by atoms with Gasteiger partial charge in [-0.3, -0.25) is 4.90 Å². The normalized spacial score (nSPS) is 17.2. The molecule has 21 heavy (non-hydrogen) atoms. The third-order valence-electron chi connectivity index (χ3n) is 4.04. The number of nitrogens with zero attached hydrogens (tertiary/aromatic N) is 2. The average Bonchev–Trinajstić information content (AvgIpc) is 3.16. The molecule has 1 aliphatic heterocycles. The predicted octanol–water partition coefficient (Wildman–Crippen LogP) is 3.09. The molecule has 0 saturated carbocycles. The lowest BCUT2D eigenvalue weighted by molar-refractivity contribution is 0.238. The van der Waals surface area contributed by atoms with Crippen LogP contribution in [0.15, 0.2) is 30.3 Å². The van der Waals surface area contributed by atoms with Gasteiger partial charge in [-0.25, -0.2) is 4.98 Å². The second kappa shape index (κ2) is 6.60. The van der Waals surface area contributed by atoms with E-state index in [-0.39, 0.29) is 6.04 Å². The zero-order valence-corrected chi connectivity index (χ0v) is 13.0. The van der Waals surface area contributed by atoms with Crippen molar-refractivity contribution in [3.63, 3.8) is 0 Å². The fraction of sp³-hybridized carbons (Fsp3) is 0.438. The summed E-state index contributed by atoms with van der Waals surface area (Å²) in [6.45, 7) is 3.13. The highest BCUT2D eigenvalue weighted by molar-refractivity contribution is 6.30. The standard InChI is InChI=1S/C16H21ClN4/c1-18-11-13(21-9-5-6-10-21)14-15(17)20-16(19-14)12-7-3-2-4-8-12/h2-4,7-8,13,18H,5-6,9-11H2,1H3,(H,19,20). The van der Waals surface area contributed by atoms with Crippen LogP contribution in [0.1, 0.15) is 24.6 Å². The molecule has 1 aromatic heterocycles. The van der Waals surface area contributed by atoms with Crippen LogP contribution in [0, 0.1) is 0 Å². The van der Waals surface area contributed by atoms with Gasteiger partial charge in [0.25, 0.3) is 0 Å². The summed E-state index contributed by atoms with van der Waals surface area (Å²) in [7, 11) is 1.98. The van der Waals surface area contributed by atoms with Crippen molar-refractivity contribution < 1.29 is 0 Å². The highest BCUT2D eigenvalue weighted by atomic mass is 35.5. The zero-order valence-electron chi connectivity index (χ0n) is 12.3. The third kappa shape index (κ3) is 3.12. The Morgan fingerprint density at radius 2 is 2.00 bits per heavy atom. The molecular formula is C16H21ClN4. The lowest BCUT2D eigenvalue weighted by Gasteiger charge is -2.26. The molecule has 1 atom stereocenters. The van der Waals surface area contributed by atoms with Gasteiger partial charge in [-0.05, 0) is 33.0 Å². The van der Waals surface area contributed by atoms with Crippen LogP contribution in [-0.2, 0) is 0 Å². The fourth-order valence-electron chi connectivity index (χ4n) is 2.98. The van der Waals surface area contributed by atoms with Crippen molar-refractivity contribution in [2.75, 3.05) is 26.7 Å². The van der Waals surface area contributed by atoms with Gasteiger partial charge in [0.15, 0.2) is 5.15 Å². The molecule has 5 heteroatoms. The van der Waals surface area contributed by atoms with Gasteiger partial charge in [-0.15, -0.1) is 0 Å². The largest absolute Gasteiger partial charge is 0.339 e. The van der Waals surface area contributed by atoms with E-state index in [1.165, 1.54) is 12.8 Å². The SMILES string of the molecule is CNCC(c1[nH]c(-c2ccccc2)nc1Cl)N1CCCC1. The van der Waals surface area contributed by atoms with Gasteiger partial charge in [-0.2, -0.15) is 0 Å². The number of rotatable bonds is 5. The zero-order chi connectivity index (χ0) is 14.7. The fourth-order valence-corrected chi connectivity index (χ4v) is 3.24. The Hall–Kier alpha value is -1.36.